The van der Waals surface area contributed by atoms with Crippen molar-refractivity contribution < 1.29 is 0 Å². The summed E-state index contributed by atoms with van der Waals surface area (Å²) in [7, 11) is 0.0960. The molecule has 0 unspecified atom stereocenters. The Morgan fingerprint density at radius 3 is 2.22 bits per heavy atom. The molecular weight excluding hydrogens is 124 g/mol. The molecule has 0 radical (unpaired) electrons. The van der Waals surface area contributed by atoms with E-state index in [2.05, 4.69) is 31.5 Å². The summed E-state index contributed by atoms with van der Waals surface area (Å²) in [5, 5.41) is 0. The first-order valence-corrected chi connectivity index (χ1v) is 4.34. The van der Waals surface area contributed by atoms with Crippen LogP contribution in [0.2, 0.25) is 0 Å². The molecule has 0 atom stereocenters. The highest BCUT2D eigenvalue weighted by Gasteiger charge is 1.81. The van der Waals surface area contributed by atoms with Crippen LogP contribution in [-0.2, 0) is 0 Å². The maximum Gasteiger partial charge on any atom is 0.0801 e. The van der Waals surface area contributed by atoms with Crippen molar-refractivity contribution in [1.29, 1.82) is 0 Å². The van der Waals surface area contributed by atoms with E-state index >= 15 is 0 Å². The lowest BCUT2D eigenvalue weighted by atomic mass is 10.2. The maximum absolute atomic E-state index is 3.70. The van der Waals surface area contributed by atoms with Gasteiger partial charge in [-0.25, -0.2) is 0 Å². The van der Waals surface area contributed by atoms with E-state index in [1.165, 1.54) is 11.1 Å². The zero-order chi connectivity index (χ0) is 7.28. The third kappa shape index (κ3) is 3.93. The molecule has 0 saturated carbocycles. The predicted molar refractivity (Wildman–Crippen MR) is 46.1 cm³/mol. The van der Waals surface area contributed by atoms with Crippen molar-refractivity contribution in [3.63, 3.8) is 0 Å². The summed E-state index contributed by atoms with van der Waals surface area (Å²) >= 11 is 0. The number of rotatable bonds is 0. The minimum Gasteiger partial charge on any atom is -0.109 e. The van der Waals surface area contributed by atoms with Gasteiger partial charge < -0.3 is 0 Å². The molecule has 0 aliphatic carbocycles. The Kier molecular flexibility index (Phi) is 3.99. The molecule has 0 fully saturated rings. The molecule has 0 aromatic heterocycles. The van der Waals surface area contributed by atoms with Crippen LogP contribution in [0.5, 0.6) is 0 Å². The standard InChI is InChI=1S/C8H12Si/c1-7(2)8(3)5-6-9-4/h9H,4H2,1-3H3. The van der Waals surface area contributed by atoms with Crippen molar-refractivity contribution in [2.24, 2.45) is 0 Å². The quantitative estimate of drug-likeness (QED) is 0.346. The van der Waals surface area contributed by atoms with Gasteiger partial charge in [0.1, 0.15) is 0 Å². The van der Waals surface area contributed by atoms with Crippen LogP contribution in [-0.4, -0.2) is 15.3 Å². The van der Waals surface area contributed by atoms with Crippen LogP contribution in [0.3, 0.4) is 0 Å². The Balaban J connectivity index is 4.23. The lowest BCUT2D eigenvalue weighted by Crippen LogP contribution is -1.74. The second-order valence-electron chi connectivity index (χ2n) is 2.10. The normalized spacial score (nSPS) is 7.00. The van der Waals surface area contributed by atoms with Gasteiger partial charge in [-0.2, -0.15) is 0 Å². The first-order chi connectivity index (χ1) is 4.18. The van der Waals surface area contributed by atoms with Gasteiger partial charge in [0, 0.05) is 0 Å². The molecule has 0 aliphatic heterocycles. The molecule has 0 aromatic rings. The summed E-state index contributed by atoms with van der Waals surface area (Å²) in [6, 6.07) is 0. The van der Waals surface area contributed by atoms with Crippen LogP contribution in [0.15, 0.2) is 11.1 Å². The molecule has 0 nitrogen and oxygen atoms in total. The van der Waals surface area contributed by atoms with Gasteiger partial charge in [-0.1, -0.05) is 11.5 Å². The topological polar surface area (TPSA) is 0 Å². The largest absolute Gasteiger partial charge is 0.109 e. The summed E-state index contributed by atoms with van der Waals surface area (Å²) in [6.07, 6.45) is 3.70. The summed E-state index contributed by atoms with van der Waals surface area (Å²) in [5.41, 5.74) is 5.48. The molecule has 0 bridgehead atoms. The molecule has 0 N–H and O–H groups in total. The van der Waals surface area contributed by atoms with E-state index in [4.69, 9.17) is 0 Å². The Labute approximate surface area is 59.4 Å². The number of hydrogen-bond donors (Lipinski definition) is 0. The SMILES string of the molecule is C=[SiH]C#CC(C)=C(C)C. The first kappa shape index (κ1) is 8.39. The summed E-state index contributed by atoms with van der Waals surface area (Å²) in [4.78, 5) is 0. The summed E-state index contributed by atoms with van der Waals surface area (Å²) in [6.45, 7) is 6.18. The van der Waals surface area contributed by atoms with Crippen molar-refractivity contribution in [3.8, 4) is 11.5 Å². The Bertz CT molecular complexity index is 184. The maximum atomic E-state index is 3.70. The van der Waals surface area contributed by atoms with Crippen LogP contribution in [0.4, 0.5) is 0 Å². The predicted octanol–water partition coefficient (Wildman–Crippen LogP) is 1.17. The molecule has 0 saturated heterocycles. The van der Waals surface area contributed by atoms with Gasteiger partial charge in [-0.05, 0) is 26.3 Å². The van der Waals surface area contributed by atoms with Crippen LogP contribution in [0.25, 0.3) is 0 Å². The van der Waals surface area contributed by atoms with Gasteiger partial charge in [0.25, 0.3) is 0 Å². The van der Waals surface area contributed by atoms with E-state index in [0.29, 0.717) is 0 Å². The number of hydrogen-bond acceptors (Lipinski definition) is 0. The monoisotopic (exact) mass is 136 g/mol. The summed E-state index contributed by atoms with van der Waals surface area (Å²) in [5.74, 6) is 3.04. The van der Waals surface area contributed by atoms with E-state index < -0.39 is 0 Å². The van der Waals surface area contributed by atoms with Crippen LogP contribution >= 0.6 is 0 Å². The van der Waals surface area contributed by atoms with Gasteiger partial charge in [-0.3, -0.25) is 0 Å². The zero-order valence-electron chi connectivity index (χ0n) is 6.28. The van der Waals surface area contributed by atoms with E-state index in [1.807, 2.05) is 6.92 Å². The zero-order valence-corrected chi connectivity index (χ0v) is 7.44. The van der Waals surface area contributed by atoms with Crippen LogP contribution < -0.4 is 0 Å². The van der Waals surface area contributed by atoms with Crippen molar-refractivity contribution in [1.82, 2.24) is 0 Å². The molecule has 9 heavy (non-hydrogen) atoms. The fourth-order valence-corrected chi connectivity index (χ4v) is 0.603. The van der Waals surface area contributed by atoms with Gasteiger partial charge in [0.15, 0.2) is 0 Å². The lowest BCUT2D eigenvalue weighted by Gasteiger charge is -1.88. The molecule has 0 spiro atoms. The van der Waals surface area contributed by atoms with E-state index in [9.17, 15) is 0 Å². The Morgan fingerprint density at radius 1 is 1.33 bits per heavy atom. The molecule has 0 aromatic carbocycles. The van der Waals surface area contributed by atoms with Crippen molar-refractivity contribution in [3.05, 3.63) is 11.1 Å². The van der Waals surface area contributed by atoms with Gasteiger partial charge >= 0.3 is 0 Å². The molecule has 0 aliphatic rings. The average molecular weight is 136 g/mol. The van der Waals surface area contributed by atoms with Crippen LogP contribution in [0, 0.1) is 11.5 Å². The molecular formula is C8H12Si. The van der Waals surface area contributed by atoms with E-state index in [-0.39, 0.29) is 9.13 Å². The minimum absolute atomic E-state index is 0.0960. The molecule has 1 heteroatoms. The third-order valence-corrected chi connectivity index (χ3v) is 1.46. The first-order valence-electron chi connectivity index (χ1n) is 2.95. The molecule has 48 valence electrons. The van der Waals surface area contributed by atoms with Gasteiger partial charge in [0.05, 0.1) is 9.13 Å². The average Bonchev–Trinajstić information content (AvgIpc) is 1.82. The lowest BCUT2D eigenvalue weighted by molar-refractivity contribution is 1.31. The summed E-state index contributed by atoms with van der Waals surface area (Å²) < 4.78 is 0. The van der Waals surface area contributed by atoms with E-state index in [0.717, 1.165) is 0 Å². The number of allylic oxidation sites excluding steroid dienone is 2. The Hall–Kier alpha value is -0.613. The highest BCUT2D eigenvalue weighted by molar-refractivity contribution is 6.50. The van der Waals surface area contributed by atoms with Gasteiger partial charge in [-0.15, -0.1) is 11.7 Å². The minimum atomic E-state index is 0.0960. The van der Waals surface area contributed by atoms with Crippen molar-refractivity contribution in [2.75, 3.05) is 0 Å². The molecule has 0 amide bonds. The second-order valence-corrected chi connectivity index (χ2v) is 2.80. The smallest absolute Gasteiger partial charge is 0.0801 e. The van der Waals surface area contributed by atoms with Crippen LogP contribution in [0.1, 0.15) is 20.8 Å². The molecule has 0 rings (SSSR count). The fourth-order valence-electron chi connectivity index (χ4n) is 0.284. The van der Waals surface area contributed by atoms with E-state index in [1.54, 1.807) is 0 Å². The van der Waals surface area contributed by atoms with Crippen molar-refractivity contribution >= 4 is 15.3 Å². The Morgan fingerprint density at radius 2 is 1.89 bits per heavy atom. The molecule has 0 heterocycles. The second kappa shape index (κ2) is 4.28. The van der Waals surface area contributed by atoms with Gasteiger partial charge in [0.2, 0.25) is 0 Å². The fraction of sp³-hybridized carbons (Fsp3) is 0.375. The third-order valence-electron chi connectivity index (χ3n) is 1.11. The highest BCUT2D eigenvalue weighted by Crippen LogP contribution is 1.97. The van der Waals surface area contributed by atoms with Crippen molar-refractivity contribution in [2.45, 2.75) is 20.8 Å². The highest BCUT2D eigenvalue weighted by atomic mass is 28.2.